The number of anilines is 1. The molecule has 0 bridgehead atoms. The van der Waals surface area contributed by atoms with Gasteiger partial charge in [0.15, 0.2) is 5.78 Å². The Kier molecular flexibility index (Phi) is 3.88. The molecule has 0 aliphatic heterocycles. The lowest BCUT2D eigenvalue weighted by atomic mass is 10.0. The zero-order valence-corrected chi connectivity index (χ0v) is 10.3. The van der Waals surface area contributed by atoms with Gasteiger partial charge in [-0.1, -0.05) is 49.0 Å². The maximum Gasteiger partial charge on any atom is 0.247 e. The molecule has 2 rings (SSSR count). The summed E-state index contributed by atoms with van der Waals surface area (Å²) in [5.41, 5.74) is 1.73. The highest BCUT2D eigenvalue weighted by atomic mass is 16.1. The number of carbonyl (C=O) groups excluding carboxylic acids is 2. The highest BCUT2D eigenvalue weighted by Crippen LogP contribution is 2.14. The molecule has 94 valence electrons. The molecular weight excluding hydrogens is 238 g/mol. The van der Waals surface area contributed by atoms with Crippen molar-refractivity contribution in [2.45, 2.75) is 0 Å². The van der Waals surface area contributed by atoms with Gasteiger partial charge in [0.25, 0.3) is 0 Å². The summed E-state index contributed by atoms with van der Waals surface area (Å²) in [5, 5.41) is 2.63. The fourth-order valence-electron chi connectivity index (χ4n) is 1.69. The lowest BCUT2D eigenvalue weighted by Crippen LogP contribution is -2.08. The second-order valence-electron chi connectivity index (χ2n) is 3.97. The summed E-state index contributed by atoms with van der Waals surface area (Å²) >= 11 is 0. The third-order valence-electron chi connectivity index (χ3n) is 2.61. The van der Waals surface area contributed by atoms with E-state index in [9.17, 15) is 9.59 Å². The Morgan fingerprint density at radius 1 is 0.947 bits per heavy atom. The fraction of sp³-hybridized carbons (Fsp3) is 0. The van der Waals surface area contributed by atoms with Gasteiger partial charge in [0.2, 0.25) is 5.91 Å². The number of hydrogen-bond donors (Lipinski definition) is 1. The number of carbonyl (C=O) groups is 2. The van der Waals surface area contributed by atoms with Crippen LogP contribution in [0.15, 0.2) is 67.3 Å². The van der Waals surface area contributed by atoms with Gasteiger partial charge in [0, 0.05) is 16.8 Å². The van der Waals surface area contributed by atoms with Crippen LogP contribution in [0.25, 0.3) is 0 Å². The number of amides is 1. The Hall–Kier alpha value is -2.68. The summed E-state index contributed by atoms with van der Waals surface area (Å²) < 4.78 is 0. The van der Waals surface area contributed by atoms with Gasteiger partial charge in [-0.25, -0.2) is 0 Å². The van der Waals surface area contributed by atoms with E-state index in [2.05, 4.69) is 11.9 Å². The van der Waals surface area contributed by atoms with Gasteiger partial charge in [0.1, 0.15) is 0 Å². The Bertz CT molecular complexity index is 618. The monoisotopic (exact) mass is 251 g/mol. The van der Waals surface area contributed by atoms with Gasteiger partial charge in [-0.2, -0.15) is 0 Å². The molecule has 0 heterocycles. The predicted octanol–water partition coefficient (Wildman–Crippen LogP) is 3.04. The molecule has 1 N–H and O–H groups in total. The van der Waals surface area contributed by atoms with Gasteiger partial charge in [0.05, 0.1) is 0 Å². The summed E-state index contributed by atoms with van der Waals surface area (Å²) in [5.74, 6) is -0.375. The van der Waals surface area contributed by atoms with E-state index in [-0.39, 0.29) is 11.7 Å². The summed E-state index contributed by atoms with van der Waals surface area (Å²) in [7, 11) is 0. The first-order valence-electron chi connectivity index (χ1n) is 5.84. The van der Waals surface area contributed by atoms with Crippen LogP contribution in [0.4, 0.5) is 5.69 Å². The van der Waals surface area contributed by atoms with Crippen LogP contribution in [0.3, 0.4) is 0 Å². The largest absolute Gasteiger partial charge is 0.323 e. The van der Waals surface area contributed by atoms with Crippen LogP contribution in [0, 0.1) is 0 Å². The standard InChI is InChI=1S/C16H13NO2/c1-2-15(18)17-14-10-6-9-13(11-14)16(19)12-7-4-3-5-8-12/h2-11H,1H2,(H,17,18). The van der Waals surface area contributed by atoms with E-state index in [1.165, 1.54) is 6.08 Å². The average molecular weight is 251 g/mol. The van der Waals surface area contributed by atoms with Crippen LogP contribution in [0.2, 0.25) is 0 Å². The van der Waals surface area contributed by atoms with Crippen molar-refractivity contribution in [3.8, 4) is 0 Å². The van der Waals surface area contributed by atoms with E-state index < -0.39 is 0 Å². The second kappa shape index (κ2) is 5.78. The van der Waals surface area contributed by atoms with E-state index >= 15 is 0 Å². The van der Waals surface area contributed by atoms with Crippen LogP contribution >= 0.6 is 0 Å². The first-order chi connectivity index (χ1) is 9.20. The molecule has 3 heteroatoms. The van der Waals surface area contributed by atoms with Crippen LogP contribution in [0.1, 0.15) is 15.9 Å². The van der Waals surface area contributed by atoms with Crippen molar-refractivity contribution in [3.05, 3.63) is 78.4 Å². The highest BCUT2D eigenvalue weighted by molar-refractivity contribution is 6.10. The summed E-state index contributed by atoms with van der Waals surface area (Å²) in [6.07, 6.45) is 1.19. The normalized spacial score (nSPS) is 9.68. The third kappa shape index (κ3) is 3.16. The van der Waals surface area contributed by atoms with Crippen LogP contribution in [-0.4, -0.2) is 11.7 Å². The maximum atomic E-state index is 12.2. The van der Waals surface area contributed by atoms with Crippen molar-refractivity contribution < 1.29 is 9.59 Å². The first-order valence-corrected chi connectivity index (χ1v) is 5.84. The quantitative estimate of drug-likeness (QED) is 0.670. The zero-order valence-electron chi connectivity index (χ0n) is 10.3. The van der Waals surface area contributed by atoms with Crippen molar-refractivity contribution in [2.75, 3.05) is 5.32 Å². The van der Waals surface area contributed by atoms with E-state index in [1.54, 1.807) is 36.4 Å². The smallest absolute Gasteiger partial charge is 0.247 e. The minimum atomic E-state index is -0.302. The van der Waals surface area contributed by atoms with Crippen LogP contribution in [-0.2, 0) is 4.79 Å². The van der Waals surface area contributed by atoms with Crippen LogP contribution < -0.4 is 5.32 Å². The molecule has 0 fully saturated rings. The highest BCUT2D eigenvalue weighted by Gasteiger charge is 2.09. The molecule has 2 aromatic carbocycles. The molecule has 0 atom stereocenters. The summed E-state index contributed by atoms with van der Waals surface area (Å²) in [6, 6.07) is 15.8. The minimum absolute atomic E-state index is 0.0738. The Labute approximate surface area is 111 Å². The molecule has 0 unspecified atom stereocenters. The molecule has 3 nitrogen and oxygen atoms in total. The molecule has 0 aromatic heterocycles. The number of nitrogens with one attached hydrogen (secondary N) is 1. The third-order valence-corrected chi connectivity index (χ3v) is 2.61. The topological polar surface area (TPSA) is 46.2 Å². The van der Waals surface area contributed by atoms with Crippen molar-refractivity contribution >= 4 is 17.4 Å². The van der Waals surface area contributed by atoms with Crippen molar-refractivity contribution in [1.29, 1.82) is 0 Å². The second-order valence-corrected chi connectivity index (χ2v) is 3.97. The molecule has 0 radical (unpaired) electrons. The number of hydrogen-bond acceptors (Lipinski definition) is 2. The fourth-order valence-corrected chi connectivity index (χ4v) is 1.69. The molecule has 1 amide bonds. The average Bonchev–Trinajstić information content (AvgIpc) is 2.47. The van der Waals surface area contributed by atoms with Gasteiger partial charge in [-0.05, 0) is 18.2 Å². The molecule has 0 saturated heterocycles. The Balaban J connectivity index is 2.26. The van der Waals surface area contributed by atoms with Gasteiger partial charge >= 0.3 is 0 Å². The van der Waals surface area contributed by atoms with Gasteiger partial charge < -0.3 is 5.32 Å². The molecule has 2 aromatic rings. The van der Waals surface area contributed by atoms with E-state index in [0.29, 0.717) is 16.8 Å². The van der Waals surface area contributed by atoms with Crippen molar-refractivity contribution in [3.63, 3.8) is 0 Å². The molecule has 0 aliphatic rings. The minimum Gasteiger partial charge on any atom is -0.323 e. The van der Waals surface area contributed by atoms with Crippen molar-refractivity contribution in [1.82, 2.24) is 0 Å². The van der Waals surface area contributed by atoms with E-state index in [0.717, 1.165) is 0 Å². The van der Waals surface area contributed by atoms with E-state index in [1.807, 2.05) is 18.2 Å². The van der Waals surface area contributed by atoms with Crippen molar-refractivity contribution in [2.24, 2.45) is 0 Å². The predicted molar refractivity (Wildman–Crippen MR) is 75.1 cm³/mol. The Morgan fingerprint density at radius 2 is 1.63 bits per heavy atom. The zero-order chi connectivity index (χ0) is 13.7. The summed E-state index contributed by atoms with van der Waals surface area (Å²) in [6.45, 7) is 3.38. The van der Waals surface area contributed by atoms with E-state index in [4.69, 9.17) is 0 Å². The maximum absolute atomic E-state index is 12.2. The first kappa shape index (κ1) is 12.8. The number of benzene rings is 2. The van der Waals surface area contributed by atoms with Gasteiger partial charge in [-0.15, -0.1) is 0 Å². The SMILES string of the molecule is C=CC(=O)Nc1cccc(C(=O)c2ccccc2)c1. The van der Waals surface area contributed by atoms with Gasteiger partial charge in [-0.3, -0.25) is 9.59 Å². The molecular formula is C16H13NO2. The molecule has 0 saturated carbocycles. The van der Waals surface area contributed by atoms with Crippen LogP contribution in [0.5, 0.6) is 0 Å². The molecule has 0 spiro atoms. The summed E-state index contributed by atoms with van der Waals surface area (Å²) in [4.78, 5) is 23.4. The number of rotatable bonds is 4. The molecule has 19 heavy (non-hydrogen) atoms. The Morgan fingerprint density at radius 3 is 2.32 bits per heavy atom. The lowest BCUT2D eigenvalue weighted by molar-refractivity contribution is -0.111. The molecule has 0 aliphatic carbocycles. The number of ketones is 1. The lowest BCUT2D eigenvalue weighted by Gasteiger charge is -2.05.